The summed E-state index contributed by atoms with van der Waals surface area (Å²) in [4.78, 5) is 12.4. The Hall–Kier alpha value is -0.410. The van der Waals surface area contributed by atoms with Crippen LogP contribution in [-0.2, 0) is 9.53 Å². The largest absolute Gasteiger partial charge is 0.465 e. The molecule has 0 aromatic carbocycles. The summed E-state index contributed by atoms with van der Waals surface area (Å²) in [7, 11) is 0. The van der Waals surface area contributed by atoms with E-state index in [9.17, 15) is 9.18 Å². The van der Waals surface area contributed by atoms with Crippen molar-refractivity contribution in [3.05, 3.63) is 0 Å². The molecule has 2 saturated heterocycles. The van der Waals surface area contributed by atoms with E-state index >= 15 is 0 Å². The maximum Gasteiger partial charge on any atom is 0.327 e. The van der Waals surface area contributed by atoms with Crippen LogP contribution >= 0.6 is 11.8 Å². The molecule has 8 heteroatoms. The minimum absolute atomic E-state index is 0.0810. The highest BCUT2D eigenvalue weighted by molar-refractivity contribution is 7.99. The van der Waals surface area contributed by atoms with Crippen LogP contribution in [0.1, 0.15) is 58.3 Å². The molecule has 2 aliphatic carbocycles. The molecule has 27 heavy (non-hydrogen) atoms. The number of ether oxygens (including phenoxy) is 1. The van der Waals surface area contributed by atoms with E-state index in [-0.39, 0.29) is 12.1 Å². The van der Waals surface area contributed by atoms with E-state index in [1.807, 2.05) is 18.7 Å². The van der Waals surface area contributed by atoms with Crippen LogP contribution in [0.5, 0.6) is 0 Å². The molecular formula is C19H33FN4O2S. The van der Waals surface area contributed by atoms with E-state index in [1.165, 1.54) is 19.3 Å². The van der Waals surface area contributed by atoms with Gasteiger partial charge in [0.2, 0.25) is 0 Å². The Labute approximate surface area is 165 Å². The van der Waals surface area contributed by atoms with Crippen LogP contribution in [0.25, 0.3) is 0 Å². The highest BCUT2D eigenvalue weighted by atomic mass is 32.2. The first-order valence-corrected chi connectivity index (χ1v) is 11.7. The Morgan fingerprint density at radius 2 is 1.96 bits per heavy atom. The summed E-state index contributed by atoms with van der Waals surface area (Å²) in [5.41, 5.74) is 6.38. The number of carbonyl (C=O) groups is 1. The number of hydrogen-bond acceptors (Lipinski definition) is 7. The zero-order valence-corrected chi connectivity index (χ0v) is 17.0. The molecule has 0 radical (unpaired) electrons. The van der Waals surface area contributed by atoms with E-state index in [2.05, 4.69) is 21.3 Å². The fourth-order valence-electron chi connectivity index (χ4n) is 5.17. The number of nitrogens with one attached hydrogen (secondary N) is 3. The van der Waals surface area contributed by atoms with E-state index in [4.69, 9.17) is 4.74 Å². The molecule has 0 aromatic heterocycles. The van der Waals surface area contributed by atoms with Crippen molar-refractivity contribution in [3.63, 3.8) is 0 Å². The Kier molecular flexibility index (Phi) is 6.59. The summed E-state index contributed by atoms with van der Waals surface area (Å²) in [6.07, 6.45) is 7.72. The standard InChI is InChI=1S/C19H33FN4O2S/c1-2-26-19(25)16-17-21-18(27-11-12-7-9-13(20)10-8-12)14-5-3-4-6-15(14)24(17)23-22-16/h12-18,21-23H,2-11H2,1H3. The van der Waals surface area contributed by atoms with Gasteiger partial charge in [-0.15, -0.1) is 11.8 Å². The van der Waals surface area contributed by atoms with Gasteiger partial charge in [-0.1, -0.05) is 12.8 Å². The van der Waals surface area contributed by atoms with Crippen molar-refractivity contribution in [3.8, 4) is 0 Å². The van der Waals surface area contributed by atoms with Gasteiger partial charge in [0.05, 0.1) is 12.0 Å². The number of nitrogens with zero attached hydrogens (tertiary/aromatic N) is 1. The van der Waals surface area contributed by atoms with Crippen LogP contribution in [0, 0.1) is 11.8 Å². The molecule has 2 saturated carbocycles. The molecule has 3 N–H and O–H groups in total. The average Bonchev–Trinajstić information content (AvgIpc) is 3.12. The van der Waals surface area contributed by atoms with Crippen LogP contribution in [-0.4, -0.2) is 53.1 Å². The molecule has 0 aromatic rings. The van der Waals surface area contributed by atoms with E-state index in [1.54, 1.807) is 0 Å². The van der Waals surface area contributed by atoms with Gasteiger partial charge < -0.3 is 4.74 Å². The number of halogens is 1. The first kappa shape index (κ1) is 19.9. The topological polar surface area (TPSA) is 65.6 Å². The summed E-state index contributed by atoms with van der Waals surface area (Å²) >= 11 is 2.00. The van der Waals surface area contributed by atoms with Crippen LogP contribution in [0.4, 0.5) is 4.39 Å². The summed E-state index contributed by atoms with van der Waals surface area (Å²) in [6, 6.07) is 0.0499. The number of thioether (sulfide) groups is 1. The normalized spacial score (nSPS) is 42.4. The molecule has 5 atom stereocenters. The molecule has 4 rings (SSSR count). The maximum atomic E-state index is 13.4. The Morgan fingerprint density at radius 1 is 1.19 bits per heavy atom. The number of rotatable bonds is 5. The first-order valence-electron chi connectivity index (χ1n) is 10.6. The molecule has 0 spiro atoms. The minimum atomic E-state index is -0.587. The third-order valence-electron chi connectivity index (χ3n) is 6.66. The molecule has 5 unspecified atom stereocenters. The molecule has 154 valence electrons. The second-order valence-corrected chi connectivity index (χ2v) is 9.57. The van der Waals surface area contributed by atoms with Crippen LogP contribution in [0.3, 0.4) is 0 Å². The summed E-state index contributed by atoms with van der Waals surface area (Å²) < 4.78 is 18.7. The fourth-order valence-corrected chi connectivity index (χ4v) is 6.78. The molecule has 4 fully saturated rings. The van der Waals surface area contributed by atoms with Gasteiger partial charge in [0.1, 0.15) is 12.3 Å². The van der Waals surface area contributed by atoms with Gasteiger partial charge in [-0.25, -0.2) is 14.8 Å². The van der Waals surface area contributed by atoms with Crippen molar-refractivity contribution in [1.29, 1.82) is 0 Å². The number of carbonyl (C=O) groups excluding carboxylic acids is 1. The van der Waals surface area contributed by atoms with Crippen molar-refractivity contribution in [1.82, 2.24) is 21.3 Å². The lowest BCUT2D eigenvalue weighted by Gasteiger charge is -2.49. The van der Waals surface area contributed by atoms with E-state index in [0.29, 0.717) is 29.9 Å². The molecule has 4 aliphatic rings. The third kappa shape index (κ3) is 4.29. The maximum absolute atomic E-state index is 13.4. The number of alkyl halides is 1. The SMILES string of the molecule is CCOC(=O)C1NNN2C3CCCCC3C(SCC3CCC(F)CC3)NC12. The van der Waals surface area contributed by atoms with E-state index < -0.39 is 12.2 Å². The number of fused-ring (bicyclic) bond motifs is 3. The molecule has 0 bridgehead atoms. The van der Waals surface area contributed by atoms with Crippen molar-refractivity contribution < 1.29 is 13.9 Å². The quantitative estimate of drug-likeness (QED) is 0.612. The van der Waals surface area contributed by atoms with Crippen molar-refractivity contribution >= 4 is 17.7 Å². The van der Waals surface area contributed by atoms with Gasteiger partial charge in [0.15, 0.2) is 6.04 Å². The van der Waals surface area contributed by atoms with Crippen molar-refractivity contribution in [2.24, 2.45) is 11.8 Å². The molecular weight excluding hydrogens is 367 g/mol. The smallest absolute Gasteiger partial charge is 0.327 e. The number of hydrazine groups is 2. The zero-order valence-electron chi connectivity index (χ0n) is 16.2. The van der Waals surface area contributed by atoms with Crippen LogP contribution in [0.2, 0.25) is 0 Å². The third-order valence-corrected chi connectivity index (χ3v) is 8.16. The lowest BCUT2D eigenvalue weighted by Crippen LogP contribution is -2.67. The van der Waals surface area contributed by atoms with Crippen molar-refractivity contribution in [2.45, 2.75) is 88.1 Å². The van der Waals surface area contributed by atoms with Crippen molar-refractivity contribution in [2.75, 3.05) is 12.4 Å². The van der Waals surface area contributed by atoms with Gasteiger partial charge >= 0.3 is 5.97 Å². The molecule has 2 heterocycles. The fraction of sp³-hybridized carbons (Fsp3) is 0.947. The van der Waals surface area contributed by atoms with E-state index in [0.717, 1.165) is 37.9 Å². The Bertz CT molecular complexity index is 520. The lowest BCUT2D eigenvalue weighted by atomic mass is 9.82. The monoisotopic (exact) mass is 400 g/mol. The van der Waals surface area contributed by atoms with Gasteiger partial charge in [0.25, 0.3) is 0 Å². The predicted molar refractivity (Wildman–Crippen MR) is 104 cm³/mol. The second kappa shape index (κ2) is 8.95. The highest BCUT2D eigenvalue weighted by Gasteiger charge is 2.51. The van der Waals surface area contributed by atoms with Gasteiger partial charge in [-0.2, -0.15) is 5.53 Å². The average molecular weight is 401 g/mol. The van der Waals surface area contributed by atoms with Gasteiger partial charge in [-0.3, -0.25) is 10.1 Å². The Balaban J connectivity index is 1.41. The summed E-state index contributed by atoms with van der Waals surface area (Å²) in [6.45, 7) is 2.24. The number of hydrogen-bond donors (Lipinski definition) is 3. The van der Waals surface area contributed by atoms with Gasteiger partial charge in [0, 0.05) is 12.0 Å². The minimum Gasteiger partial charge on any atom is -0.465 e. The Morgan fingerprint density at radius 3 is 2.74 bits per heavy atom. The molecule has 6 nitrogen and oxygen atoms in total. The summed E-state index contributed by atoms with van der Waals surface area (Å²) in [5, 5.41) is 6.31. The second-order valence-electron chi connectivity index (χ2n) is 8.39. The van der Waals surface area contributed by atoms with Crippen LogP contribution < -0.4 is 16.3 Å². The highest BCUT2D eigenvalue weighted by Crippen LogP contribution is 2.41. The van der Waals surface area contributed by atoms with Crippen LogP contribution in [0.15, 0.2) is 0 Å². The molecule has 2 aliphatic heterocycles. The zero-order chi connectivity index (χ0) is 18.8. The molecule has 0 amide bonds. The predicted octanol–water partition coefficient (Wildman–Crippen LogP) is 2.32. The lowest BCUT2D eigenvalue weighted by molar-refractivity contribution is -0.146. The summed E-state index contributed by atoms with van der Waals surface area (Å²) in [5.74, 6) is 2.09. The van der Waals surface area contributed by atoms with Gasteiger partial charge in [-0.05, 0) is 57.1 Å². The number of esters is 1. The first-order chi connectivity index (χ1) is 13.2.